The summed E-state index contributed by atoms with van der Waals surface area (Å²) in [7, 11) is 3.15. The molecule has 0 radical (unpaired) electrons. The van der Waals surface area contributed by atoms with Gasteiger partial charge in [0, 0.05) is 49.8 Å². The molecule has 0 saturated heterocycles. The molecule has 2 aromatic heterocycles. The van der Waals surface area contributed by atoms with Crippen molar-refractivity contribution in [2.75, 3.05) is 30.6 Å². The molecular weight excluding hydrogens is 659 g/mol. The average molecular weight is 690 g/mol. The maximum absolute atomic E-state index is 13.6. The first-order chi connectivity index (χ1) is 23.9. The number of nitrogens with one attached hydrogen (secondary N) is 4. The Hall–Kier alpha value is -5.85. The fraction of sp³-hybridized carbons (Fsp3) is 0.0811. The van der Waals surface area contributed by atoms with E-state index in [4.69, 9.17) is 9.47 Å². The third-order valence-electron chi connectivity index (χ3n) is 7.34. The second kappa shape index (κ2) is 15.4. The SMILES string of the molecule is COc1ccc(-c2csc(NC(=O)CSc3cccc(NC(=O)/C(=C/c4c[nH]c5ccccc45)NC(=O)c4ccccc4)c3)n2)cc1OC. The van der Waals surface area contributed by atoms with E-state index in [2.05, 4.69) is 25.9 Å². The largest absolute Gasteiger partial charge is 0.493 e. The molecule has 0 unspecified atom stereocenters. The number of hydrogen-bond acceptors (Lipinski definition) is 8. The van der Waals surface area contributed by atoms with Gasteiger partial charge in [-0.3, -0.25) is 14.4 Å². The first-order valence-electron chi connectivity index (χ1n) is 15.1. The Balaban J connectivity index is 1.11. The number of aromatic nitrogens is 2. The van der Waals surface area contributed by atoms with Gasteiger partial charge in [0.2, 0.25) is 5.91 Å². The molecule has 3 amide bonds. The van der Waals surface area contributed by atoms with E-state index in [1.807, 2.05) is 53.9 Å². The highest BCUT2D eigenvalue weighted by Crippen LogP contribution is 2.33. The lowest BCUT2D eigenvalue weighted by Gasteiger charge is -2.12. The number of carbonyl (C=O) groups excluding carboxylic acids is 3. The van der Waals surface area contributed by atoms with Crippen LogP contribution in [0.25, 0.3) is 28.2 Å². The predicted octanol–water partition coefficient (Wildman–Crippen LogP) is 7.45. The highest BCUT2D eigenvalue weighted by molar-refractivity contribution is 8.00. The maximum Gasteiger partial charge on any atom is 0.272 e. The molecule has 4 N–H and O–H groups in total. The van der Waals surface area contributed by atoms with Gasteiger partial charge < -0.3 is 30.4 Å². The normalized spacial score (nSPS) is 11.2. The first-order valence-corrected chi connectivity index (χ1v) is 16.9. The van der Waals surface area contributed by atoms with Crippen molar-refractivity contribution >= 4 is 68.6 Å². The number of thioether (sulfide) groups is 1. The van der Waals surface area contributed by atoms with E-state index in [1.165, 1.54) is 23.1 Å². The number of rotatable bonds is 12. The van der Waals surface area contributed by atoms with Gasteiger partial charge in [-0.1, -0.05) is 42.5 Å². The molecule has 0 bridgehead atoms. The van der Waals surface area contributed by atoms with Crippen molar-refractivity contribution in [3.8, 4) is 22.8 Å². The number of H-pyrrole nitrogens is 1. The van der Waals surface area contributed by atoms with Crippen LogP contribution in [0.3, 0.4) is 0 Å². The number of amides is 3. The smallest absolute Gasteiger partial charge is 0.272 e. The van der Waals surface area contributed by atoms with Crippen LogP contribution in [0.15, 0.2) is 119 Å². The number of aromatic amines is 1. The number of ether oxygens (including phenoxy) is 2. The number of thiazole rings is 1. The monoisotopic (exact) mass is 689 g/mol. The molecule has 6 rings (SSSR count). The number of fused-ring (bicyclic) bond motifs is 1. The van der Waals surface area contributed by atoms with Gasteiger partial charge in [-0.2, -0.15) is 0 Å². The van der Waals surface area contributed by atoms with Crippen molar-refractivity contribution in [3.63, 3.8) is 0 Å². The zero-order valence-electron chi connectivity index (χ0n) is 26.5. The standard InChI is InChI=1S/C37H31N5O5S2/c1-46-32-16-15-24(18-33(32)47-2)31-21-49-37(41-31)42-34(43)22-48-27-12-8-11-26(19-27)39-36(45)30(40-35(44)23-9-4-3-5-10-23)17-25-20-38-29-14-7-6-13-28(25)29/h3-21,38H,22H2,1-2H3,(H,39,45)(H,40,44)(H,41,42,43)/b30-17-. The molecule has 0 atom stereocenters. The Kier molecular flexibility index (Phi) is 10.4. The number of hydrogen-bond donors (Lipinski definition) is 4. The van der Waals surface area contributed by atoms with Crippen LogP contribution < -0.4 is 25.4 Å². The Labute approximate surface area is 290 Å². The van der Waals surface area contributed by atoms with Crippen LogP contribution in [0.5, 0.6) is 11.5 Å². The van der Waals surface area contributed by atoms with Crippen LogP contribution in [0, 0.1) is 0 Å². The molecule has 246 valence electrons. The molecule has 2 heterocycles. The summed E-state index contributed by atoms with van der Waals surface area (Å²) in [6, 6.07) is 29.1. The fourth-order valence-electron chi connectivity index (χ4n) is 4.94. The van der Waals surface area contributed by atoms with E-state index in [9.17, 15) is 14.4 Å². The summed E-state index contributed by atoms with van der Waals surface area (Å²) in [6.45, 7) is 0. The van der Waals surface area contributed by atoms with Gasteiger partial charge in [-0.25, -0.2) is 4.98 Å². The number of para-hydroxylation sites is 1. The highest BCUT2D eigenvalue weighted by Gasteiger charge is 2.17. The molecule has 10 nitrogen and oxygen atoms in total. The van der Waals surface area contributed by atoms with Gasteiger partial charge in [0.15, 0.2) is 16.6 Å². The maximum atomic E-state index is 13.6. The molecule has 0 fully saturated rings. The molecule has 49 heavy (non-hydrogen) atoms. The van der Waals surface area contributed by atoms with Gasteiger partial charge in [0.05, 0.1) is 25.7 Å². The topological polar surface area (TPSA) is 134 Å². The second-order valence-corrected chi connectivity index (χ2v) is 12.5. The lowest BCUT2D eigenvalue weighted by Crippen LogP contribution is -2.30. The zero-order chi connectivity index (χ0) is 34.2. The van der Waals surface area contributed by atoms with Gasteiger partial charge >= 0.3 is 0 Å². The van der Waals surface area contributed by atoms with Crippen LogP contribution in [-0.2, 0) is 9.59 Å². The number of nitrogens with zero attached hydrogens (tertiary/aromatic N) is 1. The van der Waals surface area contributed by atoms with Crippen molar-refractivity contribution in [1.29, 1.82) is 0 Å². The van der Waals surface area contributed by atoms with E-state index in [1.54, 1.807) is 75.0 Å². The summed E-state index contributed by atoms with van der Waals surface area (Å²) in [6.07, 6.45) is 3.44. The van der Waals surface area contributed by atoms with E-state index >= 15 is 0 Å². The number of carbonyl (C=O) groups is 3. The quantitative estimate of drug-likeness (QED) is 0.0775. The van der Waals surface area contributed by atoms with Crippen LogP contribution in [0.2, 0.25) is 0 Å². The van der Waals surface area contributed by atoms with Crippen LogP contribution in [0.1, 0.15) is 15.9 Å². The molecule has 0 aliphatic rings. The number of methoxy groups -OCH3 is 2. The van der Waals surface area contributed by atoms with Crippen molar-refractivity contribution < 1.29 is 23.9 Å². The third-order valence-corrected chi connectivity index (χ3v) is 9.09. The summed E-state index contributed by atoms with van der Waals surface area (Å²) in [4.78, 5) is 48.0. The van der Waals surface area contributed by atoms with Gasteiger partial charge in [0.1, 0.15) is 5.70 Å². The minimum atomic E-state index is -0.497. The van der Waals surface area contributed by atoms with Crippen molar-refractivity contribution in [1.82, 2.24) is 15.3 Å². The van der Waals surface area contributed by atoms with Crippen molar-refractivity contribution in [2.24, 2.45) is 0 Å². The van der Waals surface area contributed by atoms with Crippen molar-refractivity contribution in [3.05, 3.63) is 125 Å². The van der Waals surface area contributed by atoms with Crippen molar-refractivity contribution in [2.45, 2.75) is 4.90 Å². The molecule has 0 spiro atoms. The average Bonchev–Trinajstić information content (AvgIpc) is 3.77. The van der Waals surface area contributed by atoms with Gasteiger partial charge in [-0.15, -0.1) is 23.1 Å². The second-order valence-electron chi connectivity index (χ2n) is 10.6. The predicted molar refractivity (Wildman–Crippen MR) is 195 cm³/mol. The van der Waals surface area contributed by atoms with E-state index in [0.29, 0.717) is 33.6 Å². The molecule has 0 aliphatic carbocycles. The van der Waals surface area contributed by atoms with Gasteiger partial charge in [0.25, 0.3) is 11.8 Å². The molecule has 4 aromatic carbocycles. The van der Waals surface area contributed by atoms with Crippen LogP contribution in [0.4, 0.5) is 10.8 Å². The Morgan fingerprint density at radius 3 is 2.49 bits per heavy atom. The zero-order valence-corrected chi connectivity index (χ0v) is 28.1. The van der Waals surface area contributed by atoms with Crippen LogP contribution in [-0.4, -0.2) is 47.7 Å². The summed E-state index contributed by atoms with van der Waals surface area (Å²) in [5.41, 5.74) is 4.20. The fourth-order valence-corrected chi connectivity index (χ4v) is 6.43. The minimum Gasteiger partial charge on any atom is -0.493 e. The van der Waals surface area contributed by atoms with E-state index < -0.39 is 11.8 Å². The van der Waals surface area contributed by atoms with E-state index in [0.717, 1.165) is 26.9 Å². The summed E-state index contributed by atoms with van der Waals surface area (Å²) >= 11 is 2.64. The molecule has 12 heteroatoms. The number of anilines is 2. The molecular formula is C37H31N5O5S2. The lowest BCUT2D eigenvalue weighted by atomic mass is 10.1. The summed E-state index contributed by atoms with van der Waals surface area (Å²) in [5, 5.41) is 11.8. The highest BCUT2D eigenvalue weighted by atomic mass is 32.2. The third kappa shape index (κ3) is 8.18. The number of benzene rings is 4. The Morgan fingerprint density at radius 2 is 1.67 bits per heavy atom. The van der Waals surface area contributed by atoms with Gasteiger partial charge in [-0.05, 0) is 60.7 Å². The van der Waals surface area contributed by atoms with E-state index in [-0.39, 0.29) is 17.4 Å². The summed E-state index contributed by atoms with van der Waals surface area (Å²) in [5.74, 6) is 0.207. The van der Waals surface area contributed by atoms with Crippen LogP contribution >= 0.6 is 23.1 Å². The Morgan fingerprint density at radius 1 is 0.878 bits per heavy atom. The molecule has 6 aromatic rings. The first kappa shape index (κ1) is 33.1. The Bertz CT molecular complexity index is 2160. The minimum absolute atomic E-state index is 0.0759. The molecule has 0 saturated carbocycles. The molecule has 0 aliphatic heterocycles. The lowest BCUT2D eigenvalue weighted by molar-refractivity contribution is -0.114. The summed E-state index contributed by atoms with van der Waals surface area (Å²) < 4.78 is 10.7.